The molecule has 1 fully saturated rings. The van der Waals surface area contributed by atoms with Gasteiger partial charge in [0.05, 0.1) is 17.9 Å². The average Bonchev–Trinajstić information content (AvgIpc) is 2.41. The number of hydrogen-bond donors (Lipinski definition) is 2. The first-order valence-corrected chi connectivity index (χ1v) is 6.18. The molecule has 0 radical (unpaired) electrons. The Labute approximate surface area is 109 Å². The van der Waals surface area contributed by atoms with Crippen LogP contribution in [0.15, 0.2) is 12.1 Å². The Morgan fingerprint density at radius 2 is 2.21 bits per heavy atom. The van der Waals surface area contributed by atoms with E-state index in [4.69, 9.17) is 10.5 Å². The molecule has 0 bridgehead atoms. The van der Waals surface area contributed by atoms with Crippen molar-refractivity contribution in [1.82, 2.24) is 5.32 Å². The summed E-state index contributed by atoms with van der Waals surface area (Å²) in [6, 6.07) is 1.63. The van der Waals surface area contributed by atoms with Crippen LogP contribution in [0.5, 0.6) is 0 Å². The molecule has 1 aromatic rings. The summed E-state index contributed by atoms with van der Waals surface area (Å²) >= 11 is 0. The van der Waals surface area contributed by atoms with Crippen LogP contribution in [0.4, 0.5) is 14.5 Å². The maximum Gasteiger partial charge on any atom is 0.254 e. The summed E-state index contributed by atoms with van der Waals surface area (Å²) in [6.45, 7) is 1.75. The SMILES string of the molecule is Nc1cc(C(=O)NCC2CCCOC2)c(F)cc1F. The van der Waals surface area contributed by atoms with Gasteiger partial charge in [-0.05, 0) is 24.8 Å². The maximum atomic E-state index is 13.5. The molecule has 1 aliphatic heterocycles. The van der Waals surface area contributed by atoms with E-state index in [1.807, 2.05) is 0 Å². The molecule has 1 atom stereocenters. The van der Waals surface area contributed by atoms with E-state index in [0.29, 0.717) is 19.2 Å². The smallest absolute Gasteiger partial charge is 0.254 e. The fourth-order valence-electron chi connectivity index (χ4n) is 2.04. The third-order valence-electron chi connectivity index (χ3n) is 3.14. The second-order valence-electron chi connectivity index (χ2n) is 4.65. The van der Waals surface area contributed by atoms with Crippen molar-refractivity contribution in [3.8, 4) is 0 Å². The molecule has 3 N–H and O–H groups in total. The predicted molar refractivity (Wildman–Crippen MR) is 66.6 cm³/mol. The number of nitrogens with two attached hydrogens (primary N) is 1. The number of anilines is 1. The largest absolute Gasteiger partial charge is 0.396 e. The molecule has 0 aromatic heterocycles. The summed E-state index contributed by atoms with van der Waals surface area (Å²) < 4.78 is 31.7. The number of amides is 1. The van der Waals surface area contributed by atoms with E-state index in [2.05, 4.69) is 5.32 Å². The van der Waals surface area contributed by atoms with Gasteiger partial charge in [-0.25, -0.2) is 8.78 Å². The first kappa shape index (κ1) is 13.7. The Hall–Kier alpha value is -1.69. The van der Waals surface area contributed by atoms with Gasteiger partial charge < -0.3 is 15.8 Å². The highest BCUT2D eigenvalue weighted by Crippen LogP contribution is 2.17. The van der Waals surface area contributed by atoms with Crippen LogP contribution in [-0.4, -0.2) is 25.7 Å². The fourth-order valence-corrected chi connectivity index (χ4v) is 2.04. The van der Waals surface area contributed by atoms with Crippen molar-refractivity contribution in [2.24, 2.45) is 5.92 Å². The number of carbonyl (C=O) groups is 1. The first-order valence-electron chi connectivity index (χ1n) is 6.18. The molecular formula is C13H16F2N2O2. The fraction of sp³-hybridized carbons (Fsp3) is 0.462. The van der Waals surface area contributed by atoms with Crippen LogP contribution in [0, 0.1) is 17.6 Å². The molecular weight excluding hydrogens is 254 g/mol. The van der Waals surface area contributed by atoms with Crippen LogP contribution in [0.25, 0.3) is 0 Å². The normalized spacial score (nSPS) is 19.2. The second-order valence-corrected chi connectivity index (χ2v) is 4.65. The average molecular weight is 270 g/mol. The molecule has 1 amide bonds. The van der Waals surface area contributed by atoms with Crippen molar-refractivity contribution >= 4 is 11.6 Å². The molecule has 6 heteroatoms. The topological polar surface area (TPSA) is 64.4 Å². The molecule has 104 valence electrons. The van der Waals surface area contributed by atoms with E-state index in [9.17, 15) is 13.6 Å². The lowest BCUT2D eigenvalue weighted by Crippen LogP contribution is -2.33. The van der Waals surface area contributed by atoms with Crippen molar-refractivity contribution in [2.45, 2.75) is 12.8 Å². The Morgan fingerprint density at radius 3 is 2.89 bits per heavy atom. The van der Waals surface area contributed by atoms with E-state index >= 15 is 0 Å². The summed E-state index contributed by atoms with van der Waals surface area (Å²) in [6.07, 6.45) is 1.92. The molecule has 1 aliphatic rings. The van der Waals surface area contributed by atoms with E-state index < -0.39 is 17.5 Å². The van der Waals surface area contributed by atoms with Crippen LogP contribution in [0.3, 0.4) is 0 Å². The molecule has 1 saturated heterocycles. The number of nitrogen functional groups attached to an aromatic ring is 1. The van der Waals surface area contributed by atoms with E-state index in [1.165, 1.54) is 0 Å². The van der Waals surface area contributed by atoms with Gasteiger partial charge in [-0.3, -0.25) is 4.79 Å². The lowest BCUT2D eigenvalue weighted by Gasteiger charge is -2.22. The Balaban J connectivity index is 1.97. The molecule has 0 aliphatic carbocycles. The molecule has 1 heterocycles. The standard InChI is InChI=1S/C13H16F2N2O2/c14-10-5-11(15)12(16)4-9(10)13(18)17-6-8-2-1-3-19-7-8/h4-5,8H,1-3,6-7,16H2,(H,17,18). The zero-order valence-electron chi connectivity index (χ0n) is 10.4. The quantitative estimate of drug-likeness (QED) is 0.822. The van der Waals surface area contributed by atoms with Crippen LogP contribution >= 0.6 is 0 Å². The van der Waals surface area contributed by atoms with E-state index in [-0.39, 0.29) is 17.2 Å². The minimum Gasteiger partial charge on any atom is -0.396 e. The second kappa shape index (κ2) is 5.97. The Kier molecular flexibility index (Phi) is 4.31. The number of ether oxygens (including phenoxy) is 1. The zero-order chi connectivity index (χ0) is 13.8. The molecule has 4 nitrogen and oxygen atoms in total. The number of hydrogen-bond acceptors (Lipinski definition) is 3. The maximum absolute atomic E-state index is 13.5. The van der Waals surface area contributed by atoms with Gasteiger partial charge in [0.1, 0.15) is 11.6 Å². The van der Waals surface area contributed by atoms with Gasteiger partial charge in [0.2, 0.25) is 0 Å². The monoisotopic (exact) mass is 270 g/mol. The van der Waals surface area contributed by atoms with Gasteiger partial charge in [0, 0.05) is 19.2 Å². The van der Waals surface area contributed by atoms with Crippen LogP contribution < -0.4 is 11.1 Å². The number of nitrogens with one attached hydrogen (secondary N) is 1. The molecule has 1 unspecified atom stereocenters. The molecule has 0 saturated carbocycles. The third kappa shape index (κ3) is 3.41. The van der Waals surface area contributed by atoms with Gasteiger partial charge in [0.25, 0.3) is 5.91 Å². The molecule has 2 rings (SSSR count). The third-order valence-corrected chi connectivity index (χ3v) is 3.14. The lowest BCUT2D eigenvalue weighted by atomic mass is 10.0. The highest BCUT2D eigenvalue weighted by Gasteiger charge is 2.18. The highest BCUT2D eigenvalue weighted by molar-refractivity contribution is 5.95. The number of rotatable bonds is 3. The van der Waals surface area contributed by atoms with Crippen molar-refractivity contribution in [3.05, 3.63) is 29.3 Å². The molecule has 19 heavy (non-hydrogen) atoms. The minimum atomic E-state index is -0.913. The summed E-state index contributed by atoms with van der Waals surface area (Å²) in [5.74, 6) is -2.13. The van der Waals surface area contributed by atoms with Crippen molar-refractivity contribution in [1.29, 1.82) is 0 Å². The number of benzene rings is 1. The van der Waals surface area contributed by atoms with Gasteiger partial charge >= 0.3 is 0 Å². The van der Waals surface area contributed by atoms with Crippen LogP contribution in [-0.2, 0) is 4.74 Å². The van der Waals surface area contributed by atoms with E-state index in [1.54, 1.807) is 0 Å². The summed E-state index contributed by atoms with van der Waals surface area (Å²) in [4.78, 5) is 11.8. The Morgan fingerprint density at radius 1 is 1.42 bits per heavy atom. The number of carbonyl (C=O) groups excluding carboxylic acids is 1. The van der Waals surface area contributed by atoms with Gasteiger partial charge in [-0.15, -0.1) is 0 Å². The van der Waals surface area contributed by atoms with Crippen LogP contribution in [0.1, 0.15) is 23.2 Å². The summed E-state index contributed by atoms with van der Waals surface area (Å²) in [5, 5.41) is 2.62. The first-order chi connectivity index (χ1) is 9.08. The van der Waals surface area contributed by atoms with Crippen LogP contribution in [0.2, 0.25) is 0 Å². The number of halogens is 2. The van der Waals surface area contributed by atoms with Crippen molar-refractivity contribution in [3.63, 3.8) is 0 Å². The Bertz CT molecular complexity index is 474. The van der Waals surface area contributed by atoms with Gasteiger partial charge in [0.15, 0.2) is 0 Å². The molecule has 0 spiro atoms. The highest BCUT2D eigenvalue weighted by atomic mass is 19.1. The van der Waals surface area contributed by atoms with E-state index in [0.717, 1.165) is 25.5 Å². The van der Waals surface area contributed by atoms with Gasteiger partial charge in [-0.1, -0.05) is 0 Å². The summed E-state index contributed by atoms with van der Waals surface area (Å²) in [5.41, 5.74) is 4.84. The summed E-state index contributed by atoms with van der Waals surface area (Å²) in [7, 11) is 0. The minimum absolute atomic E-state index is 0.235. The van der Waals surface area contributed by atoms with Gasteiger partial charge in [-0.2, -0.15) is 0 Å². The van der Waals surface area contributed by atoms with Crippen molar-refractivity contribution < 1.29 is 18.3 Å². The lowest BCUT2D eigenvalue weighted by molar-refractivity contribution is 0.0536. The molecule has 1 aromatic carbocycles. The van der Waals surface area contributed by atoms with Crippen molar-refractivity contribution in [2.75, 3.05) is 25.5 Å². The zero-order valence-corrected chi connectivity index (χ0v) is 10.4. The predicted octanol–water partition coefficient (Wildman–Crippen LogP) is 1.70.